The Morgan fingerprint density at radius 3 is 2.61 bits per heavy atom. The molecule has 0 aliphatic carbocycles. The fraction of sp³-hybridized carbons (Fsp3) is 0.190. The molecule has 2 aromatic heterocycles. The highest BCUT2D eigenvalue weighted by Crippen LogP contribution is 2.32. The van der Waals surface area contributed by atoms with Gasteiger partial charge in [-0.25, -0.2) is 12.4 Å². The fourth-order valence-electron chi connectivity index (χ4n) is 3.94. The second kappa shape index (κ2) is 6.61. The second-order valence-electron chi connectivity index (χ2n) is 6.92. The number of nitrogens with one attached hydrogen (secondary N) is 1. The minimum atomic E-state index is -3.74. The third-order valence-electron chi connectivity index (χ3n) is 5.31. The van der Waals surface area contributed by atoms with Crippen molar-refractivity contribution in [3.8, 4) is 0 Å². The molecule has 3 heterocycles. The third-order valence-corrected chi connectivity index (χ3v) is 7.06. The van der Waals surface area contributed by atoms with Crippen LogP contribution in [0.2, 0.25) is 0 Å². The van der Waals surface area contributed by atoms with Gasteiger partial charge in [-0.3, -0.25) is 4.98 Å². The first kappa shape index (κ1) is 17.2. The van der Waals surface area contributed by atoms with Crippen molar-refractivity contribution in [1.29, 1.82) is 0 Å². The molecule has 2 aromatic carbocycles. The van der Waals surface area contributed by atoms with Crippen LogP contribution in [-0.2, 0) is 10.0 Å². The molecule has 0 radical (unpaired) electrons. The highest BCUT2D eigenvalue weighted by molar-refractivity contribution is 7.90. The van der Waals surface area contributed by atoms with Gasteiger partial charge in [0.15, 0.2) is 0 Å². The molecule has 1 N–H and O–H groups in total. The Labute approximate surface area is 163 Å². The Morgan fingerprint density at radius 2 is 1.75 bits per heavy atom. The maximum absolute atomic E-state index is 13.5. The molecular weight excluding hydrogens is 372 g/mol. The van der Waals surface area contributed by atoms with Crippen molar-refractivity contribution in [2.24, 2.45) is 0 Å². The lowest BCUT2D eigenvalue weighted by molar-refractivity contribution is 0.589. The molecule has 0 saturated carbocycles. The van der Waals surface area contributed by atoms with Crippen LogP contribution in [0.15, 0.2) is 72.0 Å². The van der Waals surface area contributed by atoms with Crippen molar-refractivity contribution < 1.29 is 8.42 Å². The maximum Gasteiger partial charge on any atom is 0.268 e. The largest absolute Gasteiger partial charge is 0.368 e. The summed E-state index contributed by atoms with van der Waals surface area (Å²) in [5.74, 6) is 0. The minimum Gasteiger partial charge on any atom is -0.368 e. The van der Waals surface area contributed by atoms with E-state index >= 15 is 0 Å². The van der Waals surface area contributed by atoms with E-state index in [0.29, 0.717) is 10.9 Å². The van der Waals surface area contributed by atoms with Gasteiger partial charge in [0.2, 0.25) is 0 Å². The number of hydrogen-bond donors (Lipinski definition) is 1. The number of nitrogens with zero attached hydrogens (tertiary/aromatic N) is 3. The lowest BCUT2D eigenvalue weighted by Crippen LogP contribution is -2.43. The molecule has 1 saturated heterocycles. The molecule has 0 amide bonds. The van der Waals surface area contributed by atoms with Crippen LogP contribution in [0.25, 0.3) is 21.7 Å². The van der Waals surface area contributed by atoms with Gasteiger partial charge in [-0.2, -0.15) is 0 Å². The van der Waals surface area contributed by atoms with E-state index in [9.17, 15) is 8.42 Å². The highest BCUT2D eigenvalue weighted by atomic mass is 32.2. The van der Waals surface area contributed by atoms with Crippen molar-refractivity contribution in [1.82, 2.24) is 14.3 Å². The number of aromatic nitrogens is 2. The van der Waals surface area contributed by atoms with Gasteiger partial charge in [-0.1, -0.05) is 18.2 Å². The number of hydrogen-bond acceptors (Lipinski definition) is 5. The number of anilines is 1. The Hall–Kier alpha value is -2.90. The van der Waals surface area contributed by atoms with Crippen LogP contribution in [0.5, 0.6) is 0 Å². The molecule has 28 heavy (non-hydrogen) atoms. The SMILES string of the molecule is O=S(=O)(c1cccc2cnccc12)n1ccc2c(N3CCNCC3)cccc21. The summed E-state index contributed by atoms with van der Waals surface area (Å²) < 4.78 is 28.5. The number of piperazine rings is 1. The number of benzene rings is 2. The minimum absolute atomic E-state index is 0.289. The summed E-state index contributed by atoms with van der Waals surface area (Å²) in [6.07, 6.45) is 4.97. The van der Waals surface area contributed by atoms with E-state index in [1.54, 1.807) is 36.8 Å². The molecule has 4 aromatic rings. The molecule has 7 heteroatoms. The van der Waals surface area contributed by atoms with E-state index in [4.69, 9.17) is 0 Å². The summed E-state index contributed by atoms with van der Waals surface area (Å²) in [5, 5.41) is 5.79. The zero-order valence-electron chi connectivity index (χ0n) is 15.2. The Balaban J connectivity index is 1.68. The molecule has 0 spiro atoms. The lowest BCUT2D eigenvalue weighted by atomic mass is 10.2. The van der Waals surface area contributed by atoms with Crippen molar-refractivity contribution >= 4 is 37.4 Å². The zero-order valence-corrected chi connectivity index (χ0v) is 16.1. The first-order valence-electron chi connectivity index (χ1n) is 9.30. The van der Waals surface area contributed by atoms with E-state index in [1.165, 1.54) is 3.97 Å². The van der Waals surface area contributed by atoms with Gasteiger partial charge < -0.3 is 10.2 Å². The summed E-state index contributed by atoms with van der Waals surface area (Å²) >= 11 is 0. The second-order valence-corrected chi connectivity index (χ2v) is 8.70. The monoisotopic (exact) mass is 392 g/mol. The van der Waals surface area contributed by atoms with Gasteiger partial charge in [0.1, 0.15) is 0 Å². The number of fused-ring (bicyclic) bond motifs is 2. The van der Waals surface area contributed by atoms with Gasteiger partial charge in [0.25, 0.3) is 10.0 Å². The van der Waals surface area contributed by atoms with Gasteiger partial charge in [0, 0.05) is 66.6 Å². The standard InChI is InChI=1S/C21H20N4O2S/c26-28(27,21-6-1-3-16-15-23-9-7-17(16)21)25-12-8-18-19(4-2-5-20(18)25)24-13-10-22-11-14-24/h1-9,12,15,22H,10-11,13-14H2. The molecule has 0 bridgehead atoms. The number of rotatable bonds is 3. The summed E-state index contributed by atoms with van der Waals surface area (Å²) in [5.41, 5.74) is 1.78. The third kappa shape index (κ3) is 2.66. The summed E-state index contributed by atoms with van der Waals surface area (Å²) in [6.45, 7) is 3.68. The smallest absolute Gasteiger partial charge is 0.268 e. The zero-order chi connectivity index (χ0) is 19.1. The van der Waals surface area contributed by atoms with Crippen molar-refractivity contribution in [2.45, 2.75) is 4.90 Å². The van der Waals surface area contributed by atoms with Crippen LogP contribution in [0.3, 0.4) is 0 Å². The van der Waals surface area contributed by atoms with Gasteiger partial charge in [-0.05, 0) is 30.3 Å². The number of pyridine rings is 1. The van der Waals surface area contributed by atoms with Gasteiger partial charge in [0.05, 0.1) is 10.4 Å². The van der Waals surface area contributed by atoms with Gasteiger partial charge >= 0.3 is 0 Å². The maximum atomic E-state index is 13.5. The van der Waals surface area contributed by atoms with Crippen LogP contribution in [0.1, 0.15) is 0 Å². The van der Waals surface area contributed by atoms with E-state index in [0.717, 1.165) is 42.6 Å². The summed E-state index contributed by atoms with van der Waals surface area (Å²) in [4.78, 5) is 6.69. The van der Waals surface area contributed by atoms with Crippen molar-refractivity contribution in [2.75, 3.05) is 31.1 Å². The van der Waals surface area contributed by atoms with E-state index < -0.39 is 10.0 Å². The molecule has 1 aliphatic heterocycles. The summed E-state index contributed by atoms with van der Waals surface area (Å²) in [7, 11) is -3.74. The Bertz CT molecular complexity index is 1270. The van der Waals surface area contributed by atoms with E-state index in [1.807, 2.05) is 24.3 Å². The van der Waals surface area contributed by atoms with E-state index in [2.05, 4.69) is 21.3 Å². The molecule has 142 valence electrons. The topological polar surface area (TPSA) is 67.2 Å². The molecule has 6 nitrogen and oxygen atoms in total. The highest BCUT2D eigenvalue weighted by Gasteiger charge is 2.23. The lowest BCUT2D eigenvalue weighted by Gasteiger charge is -2.30. The average Bonchev–Trinajstić information content (AvgIpc) is 3.19. The average molecular weight is 392 g/mol. The van der Waals surface area contributed by atoms with Gasteiger partial charge in [-0.15, -0.1) is 0 Å². The Morgan fingerprint density at radius 1 is 0.929 bits per heavy atom. The normalized spacial score (nSPS) is 15.4. The quantitative estimate of drug-likeness (QED) is 0.581. The molecule has 5 rings (SSSR count). The predicted octanol–water partition coefficient (Wildman–Crippen LogP) is 2.84. The summed E-state index contributed by atoms with van der Waals surface area (Å²) in [6, 6.07) is 14.8. The molecular formula is C21H20N4O2S. The molecule has 1 fully saturated rings. The Kier molecular flexibility index (Phi) is 4.07. The van der Waals surface area contributed by atoms with Crippen molar-refractivity contribution in [3.63, 3.8) is 0 Å². The molecule has 1 aliphatic rings. The van der Waals surface area contributed by atoms with Crippen LogP contribution in [-0.4, -0.2) is 43.6 Å². The van der Waals surface area contributed by atoms with Crippen LogP contribution in [0, 0.1) is 0 Å². The fourth-order valence-corrected chi connectivity index (χ4v) is 5.51. The van der Waals surface area contributed by atoms with E-state index in [-0.39, 0.29) is 4.90 Å². The first-order valence-corrected chi connectivity index (χ1v) is 10.7. The van der Waals surface area contributed by atoms with Crippen LogP contribution >= 0.6 is 0 Å². The first-order chi connectivity index (χ1) is 13.7. The van der Waals surface area contributed by atoms with Crippen LogP contribution in [0.4, 0.5) is 5.69 Å². The van der Waals surface area contributed by atoms with Crippen LogP contribution < -0.4 is 10.2 Å². The van der Waals surface area contributed by atoms with Crippen molar-refractivity contribution in [3.05, 3.63) is 67.1 Å². The predicted molar refractivity (Wildman–Crippen MR) is 111 cm³/mol. The molecule has 0 unspecified atom stereocenters. The molecule has 0 atom stereocenters.